The van der Waals surface area contributed by atoms with Gasteiger partial charge in [-0.15, -0.1) is 0 Å². The molecule has 5 nitrogen and oxygen atoms in total. The molecule has 0 radical (unpaired) electrons. The topological polar surface area (TPSA) is 48.5 Å². The van der Waals surface area contributed by atoms with Gasteiger partial charge in [0.2, 0.25) is 5.95 Å². The Bertz CT molecular complexity index is 3540. The molecular formula is C55H37N5. The molecule has 5 heteroatoms. The lowest BCUT2D eigenvalue weighted by atomic mass is 9.97. The van der Waals surface area contributed by atoms with Gasteiger partial charge in [0.1, 0.15) is 0 Å². The van der Waals surface area contributed by atoms with Crippen LogP contribution in [-0.2, 0) is 0 Å². The van der Waals surface area contributed by atoms with Crippen LogP contribution in [-0.4, -0.2) is 24.1 Å². The molecule has 12 rings (SSSR count). The quantitative estimate of drug-likeness (QED) is 0.169. The van der Waals surface area contributed by atoms with Crippen LogP contribution in [0.5, 0.6) is 0 Å². The van der Waals surface area contributed by atoms with Crippen molar-refractivity contribution in [2.45, 2.75) is 12.8 Å². The summed E-state index contributed by atoms with van der Waals surface area (Å²) in [5.41, 5.74) is 12.0. The summed E-state index contributed by atoms with van der Waals surface area (Å²) in [5.74, 6) is 1.87. The fourth-order valence-corrected chi connectivity index (χ4v) is 9.29. The van der Waals surface area contributed by atoms with Crippen LogP contribution in [0.15, 0.2) is 200 Å². The van der Waals surface area contributed by atoms with Gasteiger partial charge < -0.3 is 4.57 Å². The number of fused-ring (bicyclic) bond motifs is 8. The van der Waals surface area contributed by atoms with Gasteiger partial charge in [-0.2, -0.15) is 9.97 Å². The minimum Gasteiger partial charge on any atom is -0.307 e. The molecule has 3 aromatic heterocycles. The van der Waals surface area contributed by atoms with E-state index in [2.05, 4.69) is 209 Å². The fraction of sp³-hybridized carbons (Fsp3) is 0.0364. The van der Waals surface area contributed by atoms with Gasteiger partial charge in [-0.3, -0.25) is 4.57 Å². The van der Waals surface area contributed by atoms with E-state index in [4.69, 9.17) is 15.0 Å². The van der Waals surface area contributed by atoms with Crippen molar-refractivity contribution < 1.29 is 0 Å². The standard InChI is InChI=1S/C55H37N5/c1-3-17-37(18-4-1)43-26-9-12-30-48(43)59-49-31-13-10-27-44(49)46-33-34-47-45-28-11-14-32-50(45)60(52(47)51(46)59)55-57-53(38-20-5-2-6-21-38)56-54(58-55)40-24-15-23-39(35-40)42-29-16-22-36-19-7-8-25-41(36)42/h1,3-5,7-35H,2,6H2. The van der Waals surface area contributed by atoms with Gasteiger partial charge in [-0.05, 0) is 64.6 Å². The van der Waals surface area contributed by atoms with Crippen LogP contribution < -0.4 is 0 Å². The van der Waals surface area contributed by atoms with Gasteiger partial charge in [0.15, 0.2) is 11.6 Å². The van der Waals surface area contributed by atoms with Crippen molar-refractivity contribution in [3.63, 3.8) is 0 Å². The third kappa shape index (κ3) is 5.44. The highest BCUT2D eigenvalue weighted by molar-refractivity contribution is 6.24. The molecule has 0 unspecified atom stereocenters. The molecule has 0 aliphatic heterocycles. The second-order valence-corrected chi connectivity index (χ2v) is 15.5. The smallest absolute Gasteiger partial charge is 0.238 e. The maximum Gasteiger partial charge on any atom is 0.238 e. The second-order valence-electron chi connectivity index (χ2n) is 15.5. The first-order chi connectivity index (χ1) is 29.8. The molecule has 60 heavy (non-hydrogen) atoms. The highest BCUT2D eigenvalue weighted by atomic mass is 15.2. The molecule has 0 saturated heterocycles. The van der Waals surface area contributed by atoms with Gasteiger partial charge in [0.25, 0.3) is 0 Å². The van der Waals surface area contributed by atoms with E-state index in [9.17, 15) is 0 Å². The fourth-order valence-electron chi connectivity index (χ4n) is 9.29. The highest BCUT2D eigenvalue weighted by Gasteiger charge is 2.24. The first-order valence-electron chi connectivity index (χ1n) is 20.6. The molecule has 1 aliphatic rings. The third-order valence-electron chi connectivity index (χ3n) is 12.0. The molecular weight excluding hydrogens is 731 g/mol. The van der Waals surface area contributed by atoms with E-state index in [1.807, 2.05) is 0 Å². The van der Waals surface area contributed by atoms with E-state index in [0.29, 0.717) is 17.6 Å². The monoisotopic (exact) mass is 767 g/mol. The van der Waals surface area contributed by atoms with E-state index in [0.717, 1.165) is 79.2 Å². The molecule has 0 saturated carbocycles. The maximum atomic E-state index is 5.45. The van der Waals surface area contributed by atoms with Gasteiger partial charge in [-0.25, -0.2) is 4.98 Å². The summed E-state index contributed by atoms with van der Waals surface area (Å²) in [6, 6.07) is 65.0. The lowest BCUT2D eigenvalue weighted by Crippen LogP contribution is -2.09. The van der Waals surface area contributed by atoms with Crippen LogP contribution in [0.3, 0.4) is 0 Å². The van der Waals surface area contributed by atoms with Crippen molar-refractivity contribution in [1.29, 1.82) is 0 Å². The Kier molecular flexibility index (Phi) is 7.91. The predicted octanol–water partition coefficient (Wildman–Crippen LogP) is 14.0. The van der Waals surface area contributed by atoms with E-state index < -0.39 is 0 Å². The molecule has 0 spiro atoms. The minimum atomic E-state index is 0.581. The van der Waals surface area contributed by atoms with Crippen molar-refractivity contribution in [2.75, 3.05) is 0 Å². The molecule has 1 aliphatic carbocycles. The van der Waals surface area contributed by atoms with Crippen LogP contribution in [0.25, 0.3) is 105 Å². The number of rotatable bonds is 6. The number of para-hydroxylation sites is 3. The lowest BCUT2D eigenvalue weighted by molar-refractivity contribution is 0.928. The highest BCUT2D eigenvalue weighted by Crippen LogP contribution is 2.43. The van der Waals surface area contributed by atoms with Gasteiger partial charge in [-0.1, -0.05) is 176 Å². The summed E-state index contributed by atoms with van der Waals surface area (Å²) in [4.78, 5) is 16.1. The molecule has 282 valence electrons. The summed E-state index contributed by atoms with van der Waals surface area (Å²) in [6.45, 7) is 0. The molecule has 11 aromatic rings. The molecule has 0 fully saturated rings. The zero-order valence-corrected chi connectivity index (χ0v) is 32.7. The normalized spacial score (nSPS) is 12.9. The summed E-state index contributed by atoms with van der Waals surface area (Å²) in [6.07, 6.45) is 8.56. The van der Waals surface area contributed by atoms with Crippen LogP contribution in [0, 0.1) is 0 Å². The summed E-state index contributed by atoms with van der Waals surface area (Å²) >= 11 is 0. The van der Waals surface area contributed by atoms with Gasteiger partial charge >= 0.3 is 0 Å². The number of nitrogens with zero attached hydrogens (tertiary/aromatic N) is 5. The molecule has 0 N–H and O–H groups in total. The van der Waals surface area contributed by atoms with E-state index in [1.165, 1.54) is 27.1 Å². The first kappa shape index (κ1) is 34.2. The number of allylic oxidation sites excluding steroid dienone is 4. The molecule has 8 aromatic carbocycles. The molecule has 0 amide bonds. The number of hydrogen-bond acceptors (Lipinski definition) is 3. The van der Waals surface area contributed by atoms with Gasteiger partial charge in [0, 0.05) is 38.2 Å². The van der Waals surface area contributed by atoms with Crippen LogP contribution in [0.2, 0.25) is 0 Å². The SMILES string of the molecule is C1=CC(c2nc(-c3cccc(-c4cccc5ccccc45)c3)nc(-n3c4ccccc4c4ccc5c6ccccc6n(-c6ccccc6-c6ccccc6)c5c43)n2)=CCC1. The van der Waals surface area contributed by atoms with E-state index in [1.54, 1.807) is 0 Å². The van der Waals surface area contributed by atoms with Crippen molar-refractivity contribution in [1.82, 2.24) is 24.1 Å². The van der Waals surface area contributed by atoms with Crippen LogP contribution >= 0.6 is 0 Å². The molecule has 0 bridgehead atoms. The molecule has 3 heterocycles. The number of hydrogen-bond donors (Lipinski definition) is 0. The van der Waals surface area contributed by atoms with Crippen molar-refractivity contribution in [3.05, 3.63) is 206 Å². The van der Waals surface area contributed by atoms with Crippen molar-refractivity contribution >= 4 is 60.0 Å². The van der Waals surface area contributed by atoms with Crippen LogP contribution in [0.1, 0.15) is 18.7 Å². The Hall–Kier alpha value is -7.89. The largest absolute Gasteiger partial charge is 0.307 e. The molecule has 0 atom stereocenters. The summed E-state index contributed by atoms with van der Waals surface area (Å²) in [5, 5.41) is 7.06. The van der Waals surface area contributed by atoms with Crippen LogP contribution in [0.4, 0.5) is 0 Å². The first-order valence-corrected chi connectivity index (χ1v) is 20.6. The minimum absolute atomic E-state index is 0.581. The zero-order valence-electron chi connectivity index (χ0n) is 32.7. The Morgan fingerprint density at radius 3 is 1.80 bits per heavy atom. The Labute approximate surface area is 346 Å². The lowest BCUT2D eigenvalue weighted by Gasteiger charge is -2.16. The summed E-state index contributed by atoms with van der Waals surface area (Å²) < 4.78 is 4.73. The Morgan fingerprint density at radius 1 is 0.400 bits per heavy atom. The zero-order chi connectivity index (χ0) is 39.6. The Balaban J connectivity index is 1.18. The maximum absolute atomic E-state index is 5.45. The van der Waals surface area contributed by atoms with Gasteiger partial charge in [0.05, 0.1) is 27.8 Å². The van der Waals surface area contributed by atoms with Crippen molar-refractivity contribution in [2.24, 2.45) is 0 Å². The Morgan fingerprint density at radius 2 is 1.00 bits per heavy atom. The predicted molar refractivity (Wildman–Crippen MR) is 249 cm³/mol. The van der Waals surface area contributed by atoms with E-state index in [-0.39, 0.29) is 0 Å². The van der Waals surface area contributed by atoms with E-state index >= 15 is 0 Å². The number of aromatic nitrogens is 5. The van der Waals surface area contributed by atoms with Crippen molar-refractivity contribution in [3.8, 4) is 45.3 Å². The number of benzene rings is 8. The summed E-state index contributed by atoms with van der Waals surface area (Å²) in [7, 11) is 0. The average molecular weight is 768 g/mol. The average Bonchev–Trinajstić information content (AvgIpc) is 3.85. The third-order valence-corrected chi connectivity index (χ3v) is 12.0. The second kappa shape index (κ2) is 13.9.